The topological polar surface area (TPSA) is 103 Å². The molecule has 456 valence electrons. The van der Waals surface area contributed by atoms with Crippen LogP contribution in [0.5, 0.6) is 0 Å². The van der Waals surface area contributed by atoms with Crippen LogP contribution in [0.3, 0.4) is 0 Å². The summed E-state index contributed by atoms with van der Waals surface area (Å²) in [6.45, 7) is 0. The Morgan fingerprint density at radius 1 is 0.163 bits per heavy atom. The van der Waals surface area contributed by atoms with Crippen LogP contribution in [0.2, 0.25) is 0 Å². The second-order valence-electron chi connectivity index (χ2n) is 24.7. The third-order valence-electron chi connectivity index (χ3n) is 18.7. The molecule has 19 aromatic rings. The van der Waals surface area contributed by atoms with Crippen molar-refractivity contribution in [2.45, 2.75) is 0 Å². The molecule has 0 aliphatic heterocycles. The van der Waals surface area contributed by atoms with Crippen LogP contribution in [-0.4, -0.2) is 39.9 Å². The lowest BCUT2D eigenvalue weighted by Crippen LogP contribution is -1.90. The van der Waals surface area contributed by atoms with Crippen LogP contribution < -0.4 is 0 Å². The van der Waals surface area contributed by atoms with Gasteiger partial charge in [-0.3, -0.25) is 19.9 Å². The van der Waals surface area contributed by atoms with Gasteiger partial charge in [0.1, 0.15) is 0 Å². The van der Waals surface area contributed by atoms with Crippen molar-refractivity contribution in [1.82, 2.24) is 39.9 Å². The molecular weight excluding hydrogens is 1190 g/mol. The summed E-state index contributed by atoms with van der Waals surface area (Å²) < 4.78 is 0. The van der Waals surface area contributed by atoms with E-state index in [1.165, 1.54) is 22.3 Å². The molecule has 0 saturated carbocycles. The Hall–Kier alpha value is -13.3. The summed E-state index contributed by atoms with van der Waals surface area (Å²) >= 11 is 0. The van der Waals surface area contributed by atoms with Gasteiger partial charge in [0, 0.05) is 90.1 Å². The van der Waals surface area contributed by atoms with E-state index in [9.17, 15) is 0 Å². The van der Waals surface area contributed by atoms with Gasteiger partial charge in [-0.25, -0.2) is 19.9 Å². The van der Waals surface area contributed by atoms with E-state index in [2.05, 4.69) is 299 Å². The van der Waals surface area contributed by atoms with Crippen LogP contribution in [0.1, 0.15) is 0 Å². The highest BCUT2D eigenvalue weighted by atomic mass is 14.8. The third kappa shape index (κ3) is 10.9. The quantitative estimate of drug-likeness (QED) is 0.132. The smallest absolute Gasteiger partial charge is 0.0970 e. The maximum Gasteiger partial charge on any atom is 0.0970 e. The van der Waals surface area contributed by atoms with E-state index in [0.717, 1.165) is 166 Å². The van der Waals surface area contributed by atoms with E-state index in [1.807, 2.05) is 61.2 Å². The zero-order valence-corrected chi connectivity index (χ0v) is 52.9. The van der Waals surface area contributed by atoms with Crippen molar-refractivity contribution in [2.75, 3.05) is 0 Å². The molecule has 8 heteroatoms. The molecule has 0 fully saturated rings. The van der Waals surface area contributed by atoms with Crippen molar-refractivity contribution in [3.05, 3.63) is 340 Å². The van der Waals surface area contributed by atoms with Gasteiger partial charge in [-0.15, -0.1) is 0 Å². The van der Waals surface area contributed by atoms with E-state index in [4.69, 9.17) is 19.9 Å². The summed E-state index contributed by atoms with van der Waals surface area (Å²) in [5.74, 6) is 0. The maximum absolute atomic E-state index is 5.13. The first-order chi connectivity index (χ1) is 48.5. The van der Waals surface area contributed by atoms with Gasteiger partial charge in [0.25, 0.3) is 0 Å². The Balaban J connectivity index is 0.000000143. The van der Waals surface area contributed by atoms with E-state index >= 15 is 0 Å². The van der Waals surface area contributed by atoms with Crippen molar-refractivity contribution in [1.29, 1.82) is 0 Å². The predicted octanol–water partition coefficient (Wildman–Crippen LogP) is 22.8. The minimum absolute atomic E-state index is 0.918. The first-order valence-electron chi connectivity index (χ1n) is 32.8. The lowest BCUT2D eigenvalue weighted by atomic mass is 9.96. The molecule has 0 unspecified atom stereocenters. The lowest BCUT2D eigenvalue weighted by Gasteiger charge is -2.11. The number of rotatable bonds is 9. The normalized spacial score (nSPS) is 11.5. The number of nitrogens with zero attached hydrogens (tertiary/aromatic N) is 8. The van der Waals surface area contributed by atoms with E-state index < -0.39 is 0 Å². The molecule has 0 atom stereocenters. The van der Waals surface area contributed by atoms with Crippen LogP contribution >= 0.6 is 0 Å². The molecule has 8 aromatic heterocycles. The van der Waals surface area contributed by atoms with Crippen LogP contribution in [0, 0.1) is 0 Å². The average Bonchev–Trinajstić information content (AvgIpc) is 0.781. The molecule has 0 radical (unpaired) electrons. The summed E-state index contributed by atoms with van der Waals surface area (Å²) in [6, 6.07) is 111. The van der Waals surface area contributed by atoms with Gasteiger partial charge in [-0.2, -0.15) is 0 Å². The standard InChI is InChI=1S/C48H30N4.C42H26N4/c1-2-6-31(7-3-1)32-10-12-33(13-11-32)38-20-18-36-23-25-44(52-45(36)29-38)39-21-19-37-22-24-43(51-46(37)30-39)35-16-14-34(15-17-35)42-28-40-8-4-26-49-47(40)48-41(42)9-5-27-50-48;1-2-6-27(7-3-1)32-16-14-30-19-21-38(46-39(30)25-32)33-17-15-31-18-20-37(45-40(31)26-33)29-12-10-28(11-13-29)36-24-34-8-4-22-43-41(34)42-35(36)9-5-23-44-42/h1-30H;1-26H. The van der Waals surface area contributed by atoms with Crippen molar-refractivity contribution in [2.24, 2.45) is 0 Å². The van der Waals surface area contributed by atoms with Crippen LogP contribution in [0.15, 0.2) is 340 Å². The summed E-state index contributed by atoms with van der Waals surface area (Å²) in [6.07, 6.45) is 7.31. The summed E-state index contributed by atoms with van der Waals surface area (Å²) in [4.78, 5) is 39.0. The molecule has 0 N–H and O–H groups in total. The molecule has 8 nitrogen and oxygen atoms in total. The molecule has 8 heterocycles. The summed E-state index contributed by atoms with van der Waals surface area (Å²) in [5, 5.41) is 8.77. The lowest BCUT2D eigenvalue weighted by molar-refractivity contribution is 1.37. The summed E-state index contributed by atoms with van der Waals surface area (Å²) in [5.41, 5.74) is 27.1. The van der Waals surface area contributed by atoms with E-state index in [0.29, 0.717) is 0 Å². The number of pyridine rings is 8. The molecule has 19 rings (SSSR count). The fourth-order valence-corrected chi connectivity index (χ4v) is 13.6. The number of hydrogen-bond donors (Lipinski definition) is 0. The molecule has 0 bridgehead atoms. The van der Waals surface area contributed by atoms with Crippen molar-refractivity contribution < 1.29 is 0 Å². The Bertz CT molecular complexity index is 6280. The fraction of sp³-hybridized carbons (Fsp3) is 0. The highest BCUT2D eigenvalue weighted by Crippen LogP contribution is 2.38. The van der Waals surface area contributed by atoms with Gasteiger partial charge in [-0.05, 0) is 141 Å². The molecule has 0 amide bonds. The molecule has 98 heavy (non-hydrogen) atoms. The zero-order chi connectivity index (χ0) is 64.9. The van der Waals surface area contributed by atoms with Crippen LogP contribution in [0.25, 0.3) is 188 Å². The molecule has 0 aliphatic carbocycles. The van der Waals surface area contributed by atoms with Gasteiger partial charge in [0.2, 0.25) is 0 Å². The second-order valence-corrected chi connectivity index (χ2v) is 24.7. The van der Waals surface area contributed by atoms with Crippen molar-refractivity contribution in [3.8, 4) is 101 Å². The maximum atomic E-state index is 5.13. The van der Waals surface area contributed by atoms with Crippen molar-refractivity contribution >= 4 is 87.2 Å². The van der Waals surface area contributed by atoms with Gasteiger partial charge < -0.3 is 0 Å². The molecule has 0 spiro atoms. The predicted molar refractivity (Wildman–Crippen MR) is 404 cm³/mol. The second kappa shape index (κ2) is 24.6. The molecule has 0 aliphatic rings. The first kappa shape index (κ1) is 57.4. The van der Waals surface area contributed by atoms with Crippen molar-refractivity contribution in [3.63, 3.8) is 0 Å². The number of aromatic nitrogens is 8. The molecular formula is C90H56N8. The van der Waals surface area contributed by atoms with Gasteiger partial charge >= 0.3 is 0 Å². The summed E-state index contributed by atoms with van der Waals surface area (Å²) in [7, 11) is 0. The van der Waals surface area contributed by atoms with Gasteiger partial charge in [-0.1, -0.05) is 231 Å². The molecule has 11 aromatic carbocycles. The third-order valence-corrected chi connectivity index (χ3v) is 18.7. The monoisotopic (exact) mass is 1250 g/mol. The molecule has 0 saturated heterocycles. The Morgan fingerprint density at radius 3 is 0.837 bits per heavy atom. The Labute approximate surface area is 564 Å². The highest BCUT2D eigenvalue weighted by Gasteiger charge is 2.16. The number of benzene rings is 11. The minimum atomic E-state index is 0.918. The first-order valence-corrected chi connectivity index (χ1v) is 32.8. The fourth-order valence-electron chi connectivity index (χ4n) is 13.6. The Morgan fingerprint density at radius 2 is 0.439 bits per heavy atom. The Kier molecular flexibility index (Phi) is 14.4. The zero-order valence-electron chi connectivity index (χ0n) is 52.9. The highest BCUT2D eigenvalue weighted by molar-refractivity contribution is 6.11. The SMILES string of the molecule is c1ccc(-c2ccc(-c3ccc4ccc(-c5ccc6ccc(-c7ccc(-c8cc9cccnc9c9ncccc89)cc7)nc6c5)nc4c3)cc2)cc1.c1ccc(-c2ccc3ccc(-c4ccc5ccc(-c6ccc(-c7cc8cccnc8c8ncccc78)cc6)nc5c4)nc3c2)cc1. The van der Waals surface area contributed by atoms with Gasteiger partial charge in [0.15, 0.2) is 0 Å². The number of fused-ring (bicyclic) bond motifs is 10. The minimum Gasteiger partial charge on any atom is -0.254 e. The largest absolute Gasteiger partial charge is 0.254 e. The van der Waals surface area contributed by atoms with Gasteiger partial charge in [0.05, 0.1) is 66.9 Å². The van der Waals surface area contributed by atoms with E-state index in [-0.39, 0.29) is 0 Å². The van der Waals surface area contributed by atoms with Crippen LogP contribution in [0.4, 0.5) is 0 Å². The van der Waals surface area contributed by atoms with Crippen LogP contribution in [-0.2, 0) is 0 Å². The van der Waals surface area contributed by atoms with E-state index in [1.54, 1.807) is 0 Å². The average molecular weight is 1250 g/mol. The number of hydrogen-bond acceptors (Lipinski definition) is 8.